The van der Waals surface area contributed by atoms with Crippen molar-refractivity contribution in [1.82, 2.24) is 9.27 Å². The lowest BCUT2D eigenvalue weighted by Crippen LogP contribution is -2.27. The van der Waals surface area contributed by atoms with Gasteiger partial charge in [0.15, 0.2) is 15.7 Å². The Morgan fingerprint density at radius 2 is 1.90 bits per heavy atom. The number of sulfone groups is 1. The zero-order chi connectivity index (χ0) is 16.0. The van der Waals surface area contributed by atoms with Crippen LogP contribution in [0.25, 0.3) is 0 Å². The van der Waals surface area contributed by atoms with Crippen LogP contribution in [-0.4, -0.2) is 57.2 Å². The Labute approximate surface area is 132 Å². The molecule has 6 nitrogen and oxygen atoms in total. The molecule has 0 spiro atoms. The van der Waals surface area contributed by atoms with Crippen molar-refractivity contribution in [2.45, 2.75) is 31.6 Å². The van der Waals surface area contributed by atoms with Crippen LogP contribution in [0.15, 0.2) is 4.90 Å². The molecule has 0 aliphatic rings. The van der Waals surface area contributed by atoms with Gasteiger partial charge in [-0.15, -0.1) is 0 Å². The molecule has 1 aromatic heterocycles. The van der Waals surface area contributed by atoms with Gasteiger partial charge in [-0.2, -0.15) is 4.37 Å². The van der Waals surface area contributed by atoms with E-state index < -0.39 is 9.84 Å². The fraction of sp³-hybridized carbons (Fsp3) is 0.769. The summed E-state index contributed by atoms with van der Waals surface area (Å²) in [5, 5.41) is 0.683. The van der Waals surface area contributed by atoms with Crippen LogP contribution in [0.5, 0.6) is 0 Å². The molecule has 0 radical (unpaired) electrons. The molecule has 0 aromatic carbocycles. The quantitative estimate of drug-likeness (QED) is 0.740. The number of aromatic nitrogens is 1. The summed E-state index contributed by atoms with van der Waals surface area (Å²) >= 11 is 1.18. The van der Waals surface area contributed by atoms with Crippen molar-refractivity contribution in [3.63, 3.8) is 0 Å². The molecule has 0 aliphatic carbocycles. The van der Waals surface area contributed by atoms with Crippen molar-refractivity contribution in [3.8, 4) is 0 Å². The van der Waals surface area contributed by atoms with Gasteiger partial charge in [0.1, 0.15) is 9.90 Å². The highest BCUT2D eigenvalue weighted by atomic mass is 32.2. The molecule has 0 fully saturated rings. The second-order valence-corrected chi connectivity index (χ2v) is 8.06. The summed E-state index contributed by atoms with van der Waals surface area (Å²) in [4.78, 5) is 4.39. The number of anilines is 2. The van der Waals surface area contributed by atoms with Crippen molar-refractivity contribution >= 4 is 32.2 Å². The Kier molecular flexibility index (Phi) is 6.89. The standard InChI is InChI=1S/C13H26N4O2S2/c1-5-10-21(18,19)11-12(14)15-20-13(11)17(6-2)9-7-8-16(3)4/h5-10H2,1-4H3,(H2,14,15). The second-order valence-electron chi connectivity index (χ2n) is 5.26. The third-order valence-corrected chi connectivity index (χ3v) is 6.17. The summed E-state index contributed by atoms with van der Waals surface area (Å²) in [6, 6.07) is 0. The lowest BCUT2D eigenvalue weighted by Gasteiger charge is -2.23. The molecule has 0 bridgehead atoms. The highest BCUT2D eigenvalue weighted by molar-refractivity contribution is 7.91. The minimum Gasteiger partial charge on any atom is -0.382 e. The monoisotopic (exact) mass is 334 g/mol. The molecule has 0 saturated carbocycles. The Balaban J connectivity index is 3.01. The van der Waals surface area contributed by atoms with Gasteiger partial charge in [0.25, 0.3) is 0 Å². The number of nitrogens with two attached hydrogens (primary N) is 1. The molecule has 0 saturated heterocycles. The summed E-state index contributed by atoms with van der Waals surface area (Å²) in [7, 11) is 0.698. The smallest absolute Gasteiger partial charge is 0.185 e. The van der Waals surface area contributed by atoms with Gasteiger partial charge in [-0.05, 0) is 51.9 Å². The van der Waals surface area contributed by atoms with Gasteiger partial charge in [-0.25, -0.2) is 8.42 Å². The summed E-state index contributed by atoms with van der Waals surface area (Å²) in [5.74, 6) is 0.243. The average molecular weight is 335 g/mol. The van der Waals surface area contributed by atoms with E-state index in [2.05, 4.69) is 14.2 Å². The maximum absolute atomic E-state index is 12.4. The predicted octanol–water partition coefficient (Wildman–Crippen LogP) is 1.69. The maximum Gasteiger partial charge on any atom is 0.185 e. The summed E-state index contributed by atoms with van der Waals surface area (Å²) < 4.78 is 28.8. The van der Waals surface area contributed by atoms with Crippen LogP contribution in [0.3, 0.4) is 0 Å². The Bertz CT molecular complexity index is 540. The summed E-state index contributed by atoms with van der Waals surface area (Å²) in [5.41, 5.74) is 5.81. The highest BCUT2D eigenvalue weighted by Crippen LogP contribution is 2.35. The molecule has 122 valence electrons. The Hall–Kier alpha value is -0.860. The third kappa shape index (κ3) is 4.82. The van der Waals surface area contributed by atoms with Gasteiger partial charge in [-0.3, -0.25) is 0 Å². The molecule has 2 N–H and O–H groups in total. The van der Waals surface area contributed by atoms with Gasteiger partial charge in [0, 0.05) is 13.1 Å². The van der Waals surface area contributed by atoms with E-state index in [1.54, 1.807) is 0 Å². The van der Waals surface area contributed by atoms with Crippen molar-refractivity contribution in [2.75, 3.05) is 50.1 Å². The van der Waals surface area contributed by atoms with Crippen LogP contribution in [0.4, 0.5) is 10.8 Å². The minimum absolute atomic E-state index is 0.109. The highest BCUT2D eigenvalue weighted by Gasteiger charge is 2.27. The molecular weight excluding hydrogens is 308 g/mol. The first-order valence-corrected chi connectivity index (χ1v) is 9.63. The van der Waals surface area contributed by atoms with Crippen LogP contribution in [0, 0.1) is 0 Å². The number of hydrogen-bond acceptors (Lipinski definition) is 7. The van der Waals surface area contributed by atoms with Crippen LogP contribution in [0.1, 0.15) is 26.7 Å². The first kappa shape index (κ1) is 18.2. The van der Waals surface area contributed by atoms with Crippen molar-refractivity contribution in [1.29, 1.82) is 0 Å². The largest absolute Gasteiger partial charge is 0.382 e. The molecule has 21 heavy (non-hydrogen) atoms. The van der Waals surface area contributed by atoms with Gasteiger partial charge < -0.3 is 15.5 Å². The average Bonchev–Trinajstić information content (AvgIpc) is 2.77. The number of hydrogen-bond donors (Lipinski definition) is 1. The normalized spacial score (nSPS) is 12.0. The van der Waals surface area contributed by atoms with Gasteiger partial charge >= 0.3 is 0 Å². The second kappa shape index (κ2) is 7.95. The first-order chi connectivity index (χ1) is 9.83. The van der Waals surface area contributed by atoms with Crippen molar-refractivity contribution in [2.24, 2.45) is 0 Å². The van der Waals surface area contributed by atoms with Crippen LogP contribution < -0.4 is 10.6 Å². The number of nitrogen functional groups attached to an aromatic ring is 1. The van der Waals surface area contributed by atoms with Gasteiger partial charge in [0.2, 0.25) is 0 Å². The zero-order valence-corrected chi connectivity index (χ0v) is 14.9. The topological polar surface area (TPSA) is 79.5 Å². The van der Waals surface area contributed by atoms with Crippen LogP contribution in [-0.2, 0) is 9.84 Å². The fourth-order valence-corrected chi connectivity index (χ4v) is 4.98. The third-order valence-electron chi connectivity index (χ3n) is 3.14. The minimum atomic E-state index is -3.35. The maximum atomic E-state index is 12.4. The Morgan fingerprint density at radius 1 is 1.24 bits per heavy atom. The molecular formula is C13H26N4O2S2. The summed E-state index contributed by atoms with van der Waals surface area (Å²) in [6.45, 7) is 6.36. The van der Waals surface area contributed by atoms with Crippen molar-refractivity contribution in [3.05, 3.63) is 0 Å². The van der Waals surface area contributed by atoms with Crippen LogP contribution >= 0.6 is 11.5 Å². The molecule has 1 rings (SSSR count). The van der Waals surface area contributed by atoms with E-state index in [0.29, 0.717) is 11.4 Å². The first-order valence-electron chi connectivity index (χ1n) is 7.21. The molecule has 1 aromatic rings. The molecule has 0 atom stereocenters. The van der Waals surface area contributed by atoms with E-state index in [-0.39, 0.29) is 16.5 Å². The van der Waals surface area contributed by atoms with Gasteiger partial charge in [-0.1, -0.05) is 6.92 Å². The van der Waals surface area contributed by atoms with E-state index in [1.165, 1.54) is 11.5 Å². The number of rotatable bonds is 9. The molecule has 1 heterocycles. The lowest BCUT2D eigenvalue weighted by atomic mass is 10.3. The SMILES string of the molecule is CCCS(=O)(=O)c1c(N)nsc1N(CC)CCCN(C)C. The molecule has 0 unspecified atom stereocenters. The van der Waals surface area contributed by atoms with Crippen LogP contribution in [0.2, 0.25) is 0 Å². The van der Waals surface area contributed by atoms with Gasteiger partial charge in [0.05, 0.1) is 5.75 Å². The van der Waals surface area contributed by atoms with E-state index in [1.807, 2.05) is 27.9 Å². The number of nitrogens with zero attached hydrogens (tertiary/aromatic N) is 3. The summed E-state index contributed by atoms with van der Waals surface area (Å²) in [6.07, 6.45) is 1.54. The molecule has 8 heteroatoms. The predicted molar refractivity (Wildman–Crippen MR) is 89.9 cm³/mol. The Morgan fingerprint density at radius 3 is 2.43 bits per heavy atom. The fourth-order valence-electron chi connectivity index (χ4n) is 2.13. The molecule has 0 aliphatic heterocycles. The molecule has 0 amide bonds. The van der Waals surface area contributed by atoms with E-state index in [9.17, 15) is 8.42 Å². The van der Waals surface area contributed by atoms with E-state index in [0.717, 1.165) is 26.1 Å². The van der Waals surface area contributed by atoms with Crippen molar-refractivity contribution < 1.29 is 8.42 Å². The van der Waals surface area contributed by atoms with E-state index >= 15 is 0 Å². The van der Waals surface area contributed by atoms with E-state index in [4.69, 9.17) is 5.73 Å². The zero-order valence-electron chi connectivity index (χ0n) is 13.3. The lowest BCUT2D eigenvalue weighted by molar-refractivity contribution is 0.400.